The lowest BCUT2D eigenvalue weighted by atomic mass is 9.85. The lowest BCUT2D eigenvalue weighted by Gasteiger charge is -2.31. The highest BCUT2D eigenvalue weighted by Gasteiger charge is 2.25. The Balaban J connectivity index is 2.22. The van der Waals surface area contributed by atoms with Crippen molar-refractivity contribution >= 4 is 0 Å². The molecule has 2 rings (SSSR count). The van der Waals surface area contributed by atoms with Crippen molar-refractivity contribution in [2.24, 2.45) is 11.7 Å². The average molecular weight is 221 g/mol. The highest BCUT2D eigenvalue weighted by Crippen LogP contribution is 2.35. The lowest BCUT2D eigenvalue weighted by molar-refractivity contribution is 0.250. The number of hydrogen-bond donors (Lipinski definition) is 1. The summed E-state index contributed by atoms with van der Waals surface area (Å²) in [7, 11) is 0. The van der Waals surface area contributed by atoms with E-state index in [9.17, 15) is 0 Å². The third-order valence-corrected chi connectivity index (χ3v) is 3.94. The van der Waals surface area contributed by atoms with Crippen LogP contribution in [-0.4, -0.2) is 9.55 Å². The van der Waals surface area contributed by atoms with Gasteiger partial charge in [0.15, 0.2) is 0 Å². The van der Waals surface area contributed by atoms with Gasteiger partial charge in [-0.15, -0.1) is 0 Å². The van der Waals surface area contributed by atoms with Gasteiger partial charge in [-0.3, -0.25) is 0 Å². The molecule has 3 nitrogen and oxygen atoms in total. The van der Waals surface area contributed by atoms with E-state index in [1.54, 1.807) is 0 Å². The van der Waals surface area contributed by atoms with Crippen molar-refractivity contribution in [3.63, 3.8) is 0 Å². The molecule has 0 amide bonds. The van der Waals surface area contributed by atoms with E-state index in [1.807, 2.05) is 12.5 Å². The maximum Gasteiger partial charge on any atom is 0.0951 e. The summed E-state index contributed by atoms with van der Waals surface area (Å²) in [6.07, 6.45) is 10.2. The van der Waals surface area contributed by atoms with Crippen LogP contribution in [0.2, 0.25) is 0 Å². The number of hydrogen-bond acceptors (Lipinski definition) is 2. The fourth-order valence-electron chi connectivity index (χ4n) is 2.80. The molecule has 1 aliphatic carbocycles. The Bertz CT molecular complexity index is 332. The van der Waals surface area contributed by atoms with Gasteiger partial charge in [-0.25, -0.2) is 4.98 Å². The molecule has 1 aromatic heterocycles. The second kappa shape index (κ2) is 5.00. The molecule has 2 unspecified atom stereocenters. The van der Waals surface area contributed by atoms with Crippen LogP contribution in [0.3, 0.4) is 0 Å². The van der Waals surface area contributed by atoms with Crippen molar-refractivity contribution in [3.8, 4) is 0 Å². The van der Waals surface area contributed by atoms with Crippen LogP contribution in [-0.2, 0) is 0 Å². The Labute approximate surface area is 98.1 Å². The summed E-state index contributed by atoms with van der Waals surface area (Å²) in [4.78, 5) is 4.28. The van der Waals surface area contributed by atoms with Gasteiger partial charge >= 0.3 is 0 Å². The third-order valence-electron chi connectivity index (χ3n) is 3.94. The Morgan fingerprint density at radius 3 is 2.94 bits per heavy atom. The van der Waals surface area contributed by atoms with Crippen LogP contribution in [0.1, 0.15) is 63.7 Å². The molecule has 0 radical (unpaired) electrons. The predicted molar refractivity (Wildman–Crippen MR) is 66.1 cm³/mol. The van der Waals surface area contributed by atoms with Crippen LogP contribution in [0.4, 0.5) is 0 Å². The Morgan fingerprint density at radius 2 is 2.25 bits per heavy atom. The molecule has 1 aromatic rings. The topological polar surface area (TPSA) is 43.8 Å². The average Bonchev–Trinajstić information content (AvgIpc) is 2.77. The zero-order chi connectivity index (χ0) is 11.5. The van der Waals surface area contributed by atoms with Gasteiger partial charge in [0.25, 0.3) is 0 Å². The van der Waals surface area contributed by atoms with Crippen molar-refractivity contribution < 1.29 is 0 Å². The summed E-state index contributed by atoms with van der Waals surface area (Å²) in [5.41, 5.74) is 7.34. The first-order valence-electron chi connectivity index (χ1n) is 6.51. The Morgan fingerprint density at radius 1 is 1.50 bits per heavy atom. The minimum absolute atomic E-state index is 0.136. The number of nitrogens with two attached hydrogens (primary N) is 1. The van der Waals surface area contributed by atoms with Gasteiger partial charge in [-0.05, 0) is 25.2 Å². The summed E-state index contributed by atoms with van der Waals surface area (Å²) in [6, 6.07) is 0.750. The maximum atomic E-state index is 6.13. The highest BCUT2D eigenvalue weighted by molar-refractivity contribution is 5.06. The van der Waals surface area contributed by atoms with E-state index >= 15 is 0 Å². The molecular weight excluding hydrogens is 198 g/mol. The summed E-state index contributed by atoms with van der Waals surface area (Å²) < 4.78 is 2.33. The van der Waals surface area contributed by atoms with Crippen molar-refractivity contribution in [2.45, 2.75) is 58.0 Å². The van der Waals surface area contributed by atoms with E-state index in [0.29, 0.717) is 6.04 Å². The molecule has 0 spiro atoms. The van der Waals surface area contributed by atoms with Crippen LogP contribution in [0.5, 0.6) is 0 Å². The first-order chi connectivity index (χ1) is 7.74. The van der Waals surface area contributed by atoms with E-state index in [2.05, 4.69) is 23.4 Å². The molecule has 0 bridgehead atoms. The van der Waals surface area contributed by atoms with Gasteiger partial charge in [0.05, 0.1) is 12.0 Å². The van der Waals surface area contributed by atoms with E-state index in [-0.39, 0.29) is 6.04 Å². The van der Waals surface area contributed by atoms with E-state index in [0.717, 1.165) is 12.3 Å². The summed E-state index contributed by atoms with van der Waals surface area (Å²) in [5.74, 6) is 0.755. The third kappa shape index (κ3) is 2.14. The van der Waals surface area contributed by atoms with Crippen LogP contribution < -0.4 is 5.73 Å². The van der Waals surface area contributed by atoms with E-state index in [4.69, 9.17) is 5.73 Å². The molecule has 0 aliphatic heterocycles. The fourth-order valence-corrected chi connectivity index (χ4v) is 2.80. The van der Waals surface area contributed by atoms with Crippen LogP contribution in [0.15, 0.2) is 12.5 Å². The summed E-state index contributed by atoms with van der Waals surface area (Å²) in [6.45, 7) is 4.48. The number of imidazole rings is 1. The molecule has 1 fully saturated rings. The first kappa shape index (κ1) is 11.6. The predicted octanol–water partition coefficient (Wildman–Crippen LogP) is 3.04. The van der Waals surface area contributed by atoms with Crippen molar-refractivity contribution in [1.82, 2.24) is 9.55 Å². The molecule has 3 heteroatoms. The van der Waals surface area contributed by atoms with Crippen LogP contribution >= 0.6 is 0 Å². The first-order valence-corrected chi connectivity index (χ1v) is 6.51. The SMILES string of the molecule is CC[C@@H](N)c1cncn1C1CCCCC1C. The van der Waals surface area contributed by atoms with Gasteiger partial charge in [0, 0.05) is 18.3 Å². The molecule has 0 saturated heterocycles. The standard InChI is InChI=1S/C13H23N3/c1-3-11(14)13-8-15-9-16(13)12-7-5-4-6-10(12)2/h8-12H,3-7,14H2,1-2H3/t10?,11-,12?/m1/s1. The van der Waals surface area contributed by atoms with E-state index < -0.39 is 0 Å². The quantitative estimate of drug-likeness (QED) is 0.852. The van der Waals surface area contributed by atoms with Crippen molar-refractivity contribution in [3.05, 3.63) is 18.2 Å². The molecular formula is C13H23N3. The molecule has 2 N–H and O–H groups in total. The number of nitrogens with zero attached hydrogens (tertiary/aromatic N) is 2. The van der Waals surface area contributed by atoms with Gasteiger partial charge in [0.2, 0.25) is 0 Å². The number of rotatable bonds is 3. The smallest absolute Gasteiger partial charge is 0.0951 e. The molecule has 1 saturated carbocycles. The minimum atomic E-state index is 0.136. The molecule has 90 valence electrons. The van der Waals surface area contributed by atoms with Gasteiger partial charge in [0.1, 0.15) is 0 Å². The zero-order valence-corrected chi connectivity index (χ0v) is 10.4. The zero-order valence-electron chi connectivity index (χ0n) is 10.4. The van der Waals surface area contributed by atoms with Crippen molar-refractivity contribution in [1.29, 1.82) is 0 Å². The monoisotopic (exact) mass is 221 g/mol. The fraction of sp³-hybridized carbons (Fsp3) is 0.769. The second-order valence-corrected chi connectivity index (χ2v) is 5.07. The molecule has 3 atom stereocenters. The Hall–Kier alpha value is -0.830. The van der Waals surface area contributed by atoms with Crippen LogP contribution in [0, 0.1) is 5.92 Å². The molecule has 1 aliphatic rings. The minimum Gasteiger partial charge on any atom is -0.330 e. The van der Waals surface area contributed by atoms with Gasteiger partial charge < -0.3 is 10.3 Å². The Kier molecular flexibility index (Phi) is 3.64. The highest BCUT2D eigenvalue weighted by atomic mass is 15.1. The molecule has 1 heterocycles. The summed E-state index contributed by atoms with van der Waals surface area (Å²) in [5, 5.41) is 0. The number of aromatic nitrogens is 2. The lowest BCUT2D eigenvalue weighted by Crippen LogP contribution is -2.24. The van der Waals surface area contributed by atoms with Gasteiger partial charge in [-0.1, -0.05) is 26.7 Å². The maximum absolute atomic E-state index is 6.13. The largest absolute Gasteiger partial charge is 0.330 e. The normalized spacial score (nSPS) is 27.9. The molecule has 0 aromatic carbocycles. The van der Waals surface area contributed by atoms with Crippen molar-refractivity contribution in [2.75, 3.05) is 0 Å². The second-order valence-electron chi connectivity index (χ2n) is 5.07. The molecule has 16 heavy (non-hydrogen) atoms. The van der Waals surface area contributed by atoms with Gasteiger partial charge in [-0.2, -0.15) is 0 Å². The van der Waals surface area contributed by atoms with Crippen LogP contribution in [0.25, 0.3) is 0 Å². The van der Waals surface area contributed by atoms with E-state index in [1.165, 1.54) is 31.4 Å². The summed E-state index contributed by atoms with van der Waals surface area (Å²) >= 11 is 0.